The first-order valence-electron chi connectivity index (χ1n) is 19.4. The normalized spacial score (nSPS) is 14.0. The van der Waals surface area contributed by atoms with Gasteiger partial charge in [-0.15, -0.1) is 0 Å². The summed E-state index contributed by atoms with van der Waals surface area (Å²) in [6.07, 6.45) is 2.75. The van der Waals surface area contributed by atoms with E-state index in [9.17, 15) is 36.3 Å². The maximum Gasteiger partial charge on any atom is 0.335 e. The summed E-state index contributed by atoms with van der Waals surface area (Å²) in [5.74, 6) is -2.53. The lowest BCUT2D eigenvalue weighted by atomic mass is 10.0. The van der Waals surface area contributed by atoms with Gasteiger partial charge < -0.3 is 25.0 Å². The van der Waals surface area contributed by atoms with Gasteiger partial charge in [0.05, 0.1) is 37.1 Å². The standard InChI is InChI=1S/C27H28N2O6S.C18H19NO5S/c1-17-6-13-24(35-3)25(15-17)36(33,34)29-14-4-5-20-7-8-21(16-23(20)29)26(30)28-22-11-9-19(10-12-22)18(2)27(31)32;1-12-5-8-16(24-2)17(10-12)25(22,23)19-9-3-4-13-6-7-14(18(20)21)11-15(13)19/h6-13,15-16,18H,4-5,14H2,1-3H3,(H,28,30)(H,31,32);5-8,10-11H,3-4,9H2,1-2H3,(H,20,21). The van der Waals surface area contributed by atoms with E-state index in [2.05, 4.69) is 5.32 Å². The Bertz CT molecular complexity index is 2720. The van der Waals surface area contributed by atoms with Gasteiger partial charge in [-0.1, -0.05) is 36.4 Å². The number of aromatic carboxylic acids is 1. The molecule has 16 heteroatoms. The number of aliphatic carboxylic acids is 1. The Kier molecular flexibility index (Phi) is 13.1. The number of methoxy groups -OCH3 is 2. The number of nitrogens with zero attached hydrogens (tertiary/aromatic N) is 2. The topological polar surface area (TPSA) is 197 Å². The number of amides is 1. The van der Waals surface area contributed by atoms with Crippen molar-refractivity contribution in [3.05, 3.63) is 136 Å². The third-order valence-electron chi connectivity index (χ3n) is 10.6. The number of carbonyl (C=O) groups excluding carboxylic acids is 1. The summed E-state index contributed by atoms with van der Waals surface area (Å²) in [6, 6.07) is 26.3. The van der Waals surface area contributed by atoms with E-state index < -0.39 is 43.8 Å². The first-order chi connectivity index (χ1) is 29.0. The van der Waals surface area contributed by atoms with Crippen LogP contribution in [-0.2, 0) is 37.7 Å². The number of benzene rings is 5. The van der Waals surface area contributed by atoms with Crippen molar-refractivity contribution in [3.8, 4) is 11.5 Å². The molecule has 0 aliphatic carbocycles. The lowest BCUT2D eigenvalue weighted by molar-refractivity contribution is -0.138. The van der Waals surface area contributed by atoms with Gasteiger partial charge >= 0.3 is 11.9 Å². The molecule has 0 radical (unpaired) electrons. The van der Waals surface area contributed by atoms with Crippen LogP contribution in [0.4, 0.5) is 17.1 Å². The lowest BCUT2D eigenvalue weighted by Gasteiger charge is -2.31. The lowest BCUT2D eigenvalue weighted by Crippen LogP contribution is -2.36. The molecule has 0 saturated carbocycles. The van der Waals surface area contributed by atoms with Crippen molar-refractivity contribution < 1.29 is 50.9 Å². The van der Waals surface area contributed by atoms with Crippen molar-refractivity contribution in [2.45, 2.75) is 62.2 Å². The van der Waals surface area contributed by atoms with E-state index >= 15 is 0 Å². The molecular weight excluding hydrogens is 823 g/mol. The number of hydrogen-bond donors (Lipinski definition) is 3. The highest BCUT2D eigenvalue weighted by molar-refractivity contribution is 7.93. The summed E-state index contributed by atoms with van der Waals surface area (Å²) >= 11 is 0. The number of ether oxygens (including phenoxy) is 2. The van der Waals surface area contributed by atoms with E-state index in [1.807, 2.05) is 13.8 Å². The number of fused-ring (bicyclic) bond motifs is 2. The van der Waals surface area contributed by atoms with Gasteiger partial charge in [0.1, 0.15) is 21.3 Å². The quantitative estimate of drug-likeness (QED) is 0.119. The van der Waals surface area contributed by atoms with Gasteiger partial charge in [0.15, 0.2) is 0 Å². The van der Waals surface area contributed by atoms with Crippen molar-refractivity contribution in [2.24, 2.45) is 0 Å². The minimum Gasteiger partial charge on any atom is -0.495 e. The molecule has 0 aromatic heterocycles. The van der Waals surface area contributed by atoms with Crippen LogP contribution in [0, 0.1) is 13.8 Å². The molecular formula is C45H47N3O11S2. The molecule has 5 aromatic rings. The second-order valence-electron chi connectivity index (χ2n) is 14.8. The predicted molar refractivity (Wildman–Crippen MR) is 231 cm³/mol. The minimum absolute atomic E-state index is 0.0667. The summed E-state index contributed by atoms with van der Waals surface area (Å²) in [6.45, 7) is 5.82. The summed E-state index contributed by atoms with van der Waals surface area (Å²) in [7, 11) is -4.94. The van der Waals surface area contributed by atoms with E-state index in [0.29, 0.717) is 67.0 Å². The Labute approximate surface area is 355 Å². The maximum absolute atomic E-state index is 13.7. The predicted octanol–water partition coefficient (Wildman–Crippen LogP) is 7.43. The van der Waals surface area contributed by atoms with Gasteiger partial charge in [-0.25, -0.2) is 21.6 Å². The van der Waals surface area contributed by atoms with Gasteiger partial charge in [-0.3, -0.25) is 18.2 Å². The molecule has 7 rings (SSSR count). The van der Waals surface area contributed by atoms with E-state index in [1.54, 1.807) is 91.9 Å². The summed E-state index contributed by atoms with van der Waals surface area (Å²) in [4.78, 5) is 35.6. The fraction of sp³-hybridized carbons (Fsp3) is 0.267. The van der Waals surface area contributed by atoms with Crippen molar-refractivity contribution in [2.75, 3.05) is 41.2 Å². The Morgan fingerprint density at radius 1 is 0.639 bits per heavy atom. The van der Waals surface area contributed by atoms with E-state index in [-0.39, 0.29) is 26.9 Å². The Morgan fingerprint density at radius 3 is 1.54 bits per heavy atom. The number of carbonyl (C=O) groups is 3. The van der Waals surface area contributed by atoms with E-state index in [4.69, 9.17) is 14.6 Å². The van der Waals surface area contributed by atoms with Crippen LogP contribution in [0.1, 0.15) is 74.2 Å². The molecule has 2 heterocycles. The number of hydrogen-bond acceptors (Lipinski definition) is 9. The van der Waals surface area contributed by atoms with Crippen LogP contribution in [0.3, 0.4) is 0 Å². The van der Waals surface area contributed by atoms with Gasteiger partial charge in [0.25, 0.3) is 26.0 Å². The zero-order chi connectivity index (χ0) is 44.2. The first kappa shape index (κ1) is 44.2. The zero-order valence-corrected chi connectivity index (χ0v) is 36.0. The Hall–Kier alpha value is -6.39. The molecule has 0 fully saturated rings. The molecule has 1 atom stereocenters. The third-order valence-corrected chi connectivity index (χ3v) is 14.3. The van der Waals surface area contributed by atoms with Crippen LogP contribution in [-0.4, -0.2) is 72.2 Å². The smallest absolute Gasteiger partial charge is 0.335 e. The third kappa shape index (κ3) is 9.35. The summed E-state index contributed by atoms with van der Waals surface area (Å²) < 4.78 is 67.1. The average Bonchev–Trinajstić information content (AvgIpc) is 3.25. The molecule has 1 amide bonds. The zero-order valence-electron chi connectivity index (χ0n) is 34.3. The van der Waals surface area contributed by atoms with Crippen molar-refractivity contribution in [3.63, 3.8) is 0 Å². The SMILES string of the molecule is COc1ccc(C)cc1S(=O)(=O)N1CCCc2ccc(C(=O)Nc3ccc(C(C)C(=O)O)cc3)cc21.COc1ccc(C)cc1S(=O)(=O)N1CCCc2ccc(C(=O)O)cc21. The summed E-state index contributed by atoms with van der Waals surface area (Å²) in [5, 5.41) is 21.2. The number of carboxylic acids is 2. The molecule has 0 saturated heterocycles. The molecule has 14 nitrogen and oxygen atoms in total. The van der Waals surface area contributed by atoms with Gasteiger partial charge in [-0.2, -0.15) is 0 Å². The maximum atomic E-state index is 13.7. The largest absolute Gasteiger partial charge is 0.495 e. The molecule has 0 bridgehead atoms. The van der Waals surface area contributed by atoms with Gasteiger partial charge in [-0.05, 0) is 135 Å². The number of carboxylic acid groups (broad SMARTS) is 2. The van der Waals surface area contributed by atoms with Crippen LogP contribution >= 0.6 is 0 Å². The van der Waals surface area contributed by atoms with Crippen molar-refractivity contribution in [1.29, 1.82) is 0 Å². The fourth-order valence-electron chi connectivity index (χ4n) is 7.26. The molecule has 2 aliphatic heterocycles. The van der Waals surface area contributed by atoms with Crippen molar-refractivity contribution >= 4 is 55.0 Å². The number of rotatable bonds is 11. The van der Waals surface area contributed by atoms with Gasteiger partial charge in [0.2, 0.25) is 0 Å². The van der Waals surface area contributed by atoms with Crippen molar-refractivity contribution in [1.82, 2.24) is 0 Å². The number of nitrogens with one attached hydrogen (secondary N) is 1. The highest BCUT2D eigenvalue weighted by atomic mass is 32.2. The van der Waals surface area contributed by atoms with Crippen LogP contribution in [0.15, 0.2) is 107 Å². The van der Waals surface area contributed by atoms with E-state index in [0.717, 1.165) is 22.3 Å². The molecule has 0 spiro atoms. The monoisotopic (exact) mass is 869 g/mol. The number of sulfonamides is 2. The van der Waals surface area contributed by atoms with Crippen LogP contribution in [0.25, 0.3) is 0 Å². The fourth-order valence-corrected chi connectivity index (χ4v) is 10.8. The molecule has 1 unspecified atom stereocenters. The molecule has 3 N–H and O–H groups in total. The first-order valence-corrected chi connectivity index (χ1v) is 22.3. The molecule has 2 aliphatic rings. The highest BCUT2D eigenvalue weighted by Crippen LogP contribution is 2.38. The highest BCUT2D eigenvalue weighted by Gasteiger charge is 2.34. The second-order valence-corrected chi connectivity index (χ2v) is 18.5. The number of anilines is 3. The average molecular weight is 870 g/mol. The minimum atomic E-state index is -3.93. The van der Waals surface area contributed by atoms with E-state index in [1.165, 1.54) is 35.0 Å². The second kappa shape index (κ2) is 18.1. The Morgan fingerprint density at radius 2 is 1.10 bits per heavy atom. The van der Waals surface area contributed by atoms with Crippen LogP contribution in [0.5, 0.6) is 11.5 Å². The number of aryl methyl sites for hydroxylation is 4. The Balaban J connectivity index is 0.000000218. The van der Waals surface area contributed by atoms with Crippen LogP contribution < -0.4 is 23.4 Å². The molecule has 5 aromatic carbocycles. The molecule has 61 heavy (non-hydrogen) atoms. The summed E-state index contributed by atoms with van der Waals surface area (Å²) in [5.41, 5.74) is 5.69. The molecule has 320 valence electrons. The van der Waals surface area contributed by atoms with Crippen LogP contribution in [0.2, 0.25) is 0 Å². The van der Waals surface area contributed by atoms with Gasteiger partial charge in [0, 0.05) is 24.3 Å².